The van der Waals surface area contributed by atoms with Gasteiger partial charge in [0.15, 0.2) is 0 Å². The standard InChI is InChI=1S/C24H31N3O3/c1-29-22-9-3-19(4-10-22)17-27(21-5-6-21)18-24(28)26-15-13-25(14-16-26)20-7-11-23(30-2)12-8-20/h3-4,7-12,21H,5-6,13-18H2,1-2H3. The molecule has 1 aliphatic heterocycles. The van der Waals surface area contributed by atoms with Gasteiger partial charge in [-0.1, -0.05) is 12.1 Å². The van der Waals surface area contributed by atoms with Gasteiger partial charge in [-0.3, -0.25) is 9.69 Å². The van der Waals surface area contributed by atoms with Gasteiger partial charge in [-0.25, -0.2) is 0 Å². The minimum atomic E-state index is 0.241. The number of benzene rings is 2. The van der Waals surface area contributed by atoms with Gasteiger partial charge in [0.05, 0.1) is 20.8 Å². The van der Waals surface area contributed by atoms with Crippen LogP contribution in [0.4, 0.5) is 5.69 Å². The third kappa shape index (κ3) is 5.05. The number of carbonyl (C=O) groups is 1. The van der Waals surface area contributed by atoms with Crippen molar-refractivity contribution in [1.29, 1.82) is 0 Å². The largest absolute Gasteiger partial charge is 0.497 e. The van der Waals surface area contributed by atoms with E-state index in [1.165, 1.54) is 24.1 Å². The number of methoxy groups -OCH3 is 2. The first-order chi connectivity index (χ1) is 14.7. The van der Waals surface area contributed by atoms with Gasteiger partial charge < -0.3 is 19.3 Å². The molecule has 4 rings (SSSR count). The van der Waals surface area contributed by atoms with Crippen molar-refractivity contribution in [2.24, 2.45) is 0 Å². The monoisotopic (exact) mass is 409 g/mol. The fourth-order valence-corrected chi connectivity index (χ4v) is 4.00. The van der Waals surface area contributed by atoms with Crippen molar-refractivity contribution in [1.82, 2.24) is 9.80 Å². The van der Waals surface area contributed by atoms with Crippen molar-refractivity contribution >= 4 is 11.6 Å². The van der Waals surface area contributed by atoms with E-state index in [-0.39, 0.29) is 5.91 Å². The van der Waals surface area contributed by atoms with Gasteiger partial charge in [-0.2, -0.15) is 0 Å². The first-order valence-corrected chi connectivity index (χ1v) is 10.7. The molecule has 0 radical (unpaired) electrons. The van der Waals surface area contributed by atoms with Crippen LogP contribution in [0.5, 0.6) is 11.5 Å². The minimum Gasteiger partial charge on any atom is -0.497 e. The van der Waals surface area contributed by atoms with Crippen LogP contribution in [0, 0.1) is 0 Å². The molecule has 0 atom stereocenters. The second-order valence-corrected chi connectivity index (χ2v) is 8.05. The summed E-state index contributed by atoms with van der Waals surface area (Å²) < 4.78 is 10.5. The molecule has 0 N–H and O–H groups in total. The van der Waals surface area contributed by atoms with Crippen LogP contribution in [-0.4, -0.2) is 68.7 Å². The molecule has 0 aromatic heterocycles. The SMILES string of the molecule is COc1ccc(CN(CC(=O)N2CCN(c3ccc(OC)cc3)CC2)C2CC2)cc1. The molecule has 1 heterocycles. The zero-order valence-electron chi connectivity index (χ0n) is 17.9. The summed E-state index contributed by atoms with van der Waals surface area (Å²) in [5.41, 5.74) is 2.40. The lowest BCUT2D eigenvalue weighted by molar-refractivity contribution is -0.133. The minimum absolute atomic E-state index is 0.241. The average Bonchev–Trinajstić information content (AvgIpc) is 3.65. The zero-order valence-corrected chi connectivity index (χ0v) is 17.9. The molecular weight excluding hydrogens is 378 g/mol. The quantitative estimate of drug-likeness (QED) is 0.671. The first kappa shape index (κ1) is 20.5. The van der Waals surface area contributed by atoms with E-state index in [1.54, 1.807) is 14.2 Å². The maximum Gasteiger partial charge on any atom is 0.236 e. The highest BCUT2D eigenvalue weighted by atomic mass is 16.5. The molecule has 2 fully saturated rings. The molecule has 160 valence electrons. The Kier molecular flexibility index (Phi) is 6.43. The highest BCUT2D eigenvalue weighted by molar-refractivity contribution is 5.78. The van der Waals surface area contributed by atoms with E-state index in [0.717, 1.165) is 44.2 Å². The lowest BCUT2D eigenvalue weighted by Gasteiger charge is -2.37. The van der Waals surface area contributed by atoms with E-state index in [2.05, 4.69) is 34.1 Å². The molecule has 2 aromatic rings. The predicted molar refractivity (Wildman–Crippen MR) is 118 cm³/mol. The summed E-state index contributed by atoms with van der Waals surface area (Å²) in [6.07, 6.45) is 2.38. The van der Waals surface area contributed by atoms with Crippen LogP contribution in [0.25, 0.3) is 0 Å². The van der Waals surface area contributed by atoms with Gasteiger partial charge in [0.2, 0.25) is 5.91 Å². The van der Waals surface area contributed by atoms with E-state index in [0.29, 0.717) is 12.6 Å². The van der Waals surface area contributed by atoms with E-state index >= 15 is 0 Å². The Morgan fingerprint density at radius 2 is 1.47 bits per heavy atom. The second-order valence-electron chi connectivity index (χ2n) is 8.05. The maximum absolute atomic E-state index is 13.0. The molecule has 6 nitrogen and oxygen atoms in total. The summed E-state index contributed by atoms with van der Waals surface area (Å²) in [4.78, 5) is 19.7. The number of amides is 1. The highest BCUT2D eigenvalue weighted by Gasteiger charge is 2.32. The first-order valence-electron chi connectivity index (χ1n) is 10.7. The zero-order chi connectivity index (χ0) is 20.9. The Morgan fingerprint density at radius 1 is 0.900 bits per heavy atom. The molecule has 1 amide bonds. The molecule has 2 aromatic carbocycles. The number of anilines is 1. The van der Waals surface area contributed by atoms with Crippen molar-refractivity contribution in [3.8, 4) is 11.5 Å². The van der Waals surface area contributed by atoms with Crippen LogP contribution < -0.4 is 14.4 Å². The molecule has 1 saturated carbocycles. The van der Waals surface area contributed by atoms with Crippen LogP contribution in [0.15, 0.2) is 48.5 Å². The fourth-order valence-electron chi connectivity index (χ4n) is 4.00. The summed E-state index contributed by atoms with van der Waals surface area (Å²) in [5, 5.41) is 0. The molecule has 6 heteroatoms. The van der Waals surface area contributed by atoms with Crippen molar-refractivity contribution in [2.45, 2.75) is 25.4 Å². The summed E-state index contributed by atoms with van der Waals surface area (Å²) in [5.74, 6) is 1.97. The fraction of sp³-hybridized carbons (Fsp3) is 0.458. The van der Waals surface area contributed by atoms with Crippen LogP contribution in [-0.2, 0) is 11.3 Å². The van der Waals surface area contributed by atoms with Gasteiger partial charge in [0, 0.05) is 44.5 Å². The molecule has 0 spiro atoms. The van der Waals surface area contributed by atoms with Crippen molar-refractivity contribution in [3.63, 3.8) is 0 Å². The third-order valence-corrected chi connectivity index (χ3v) is 6.02. The Bertz CT molecular complexity index is 826. The van der Waals surface area contributed by atoms with Crippen LogP contribution in [0.1, 0.15) is 18.4 Å². The number of ether oxygens (including phenoxy) is 2. The molecule has 0 bridgehead atoms. The van der Waals surface area contributed by atoms with E-state index in [4.69, 9.17) is 9.47 Å². The number of carbonyl (C=O) groups excluding carboxylic acids is 1. The van der Waals surface area contributed by atoms with Gasteiger partial charge in [-0.05, 0) is 54.8 Å². The van der Waals surface area contributed by atoms with E-state index < -0.39 is 0 Å². The summed E-state index contributed by atoms with van der Waals surface area (Å²) in [7, 11) is 3.36. The Morgan fingerprint density at radius 3 is 2.00 bits per heavy atom. The van der Waals surface area contributed by atoms with Gasteiger partial charge >= 0.3 is 0 Å². The number of nitrogens with zero attached hydrogens (tertiary/aromatic N) is 3. The number of piperazine rings is 1. The van der Waals surface area contributed by atoms with Gasteiger partial charge in [-0.15, -0.1) is 0 Å². The lowest BCUT2D eigenvalue weighted by Crippen LogP contribution is -2.51. The van der Waals surface area contributed by atoms with E-state index in [1.807, 2.05) is 29.2 Å². The summed E-state index contributed by atoms with van der Waals surface area (Å²) >= 11 is 0. The Hall–Kier alpha value is -2.73. The molecule has 2 aliphatic rings. The van der Waals surface area contributed by atoms with E-state index in [9.17, 15) is 4.79 Å². The Labute approximate surface area is 179 Å². The smallest absolute Gasteiger partial charge is 0.236 e. The molecule has 0 unspecified atom stereocenters. The molecular formula is C24H31N3O3. The lowest BCUT2D eigenvalue weighted by atomic mass is 10.2. The summed E-state index contributed by atoms with van der Waals surface area (Å²) in [6, 6.07) is 16.8. The Balaban J connectivity index is 1.30. The average molecular weight is 410 g/mol. The highest BCUT2D eigenvalue weighted by Crippen LogP contribution is 2.29. The van der Waals surface area contributed by atoms with Crippen molar-refractivity contribution in [2.75, 3.05) is 51.8 Å². The predicted octanol–water partition coefficient (Wildman–Crippen LogP) is 3.02. The second kappa shape index (κ2) is 9.39. The van der Waals surface area contributed by atoms with Crippen LogP contribution in [0.2, 0.25) is 0 Å². The van der Waals surface area contributed by atoms with Gasteiger partial charge in [0.25, 0.3) is 0 Å². The third-order valence-electron chi connectivity index (χ3n) is 6.02. The molecule has 1 aliphatic carbocycles. The van der Waals surface area contributed by atoms with Crippen LogP contribution >= 0.6 is 0 Å². The van der Waals surface area contributed by atoms with Crippen LogP contribution in [0.3, 0.4) is 0 Å². The van der Waals surface area contributed by atoms with Crippen molar-refractivity contribution in [3.05, 3.63) is 54.1 Å². The number of rotatable bonds is 8. The topological polar surface area (TPSA) is 45.2 Å². The number of hydrogen-bond acceptors (Lipinski definition) is 5. The normalized spacial score (nSPS) is 16.6. The number of hydrogen-bond donors (Lipinski definition) is 0. The maximum atomic E-state index is 13.0. The van der Waals surface area contributed by atoms with Crippen molar-refractivity contribution < 1.29 is 14.3 Å². The molecule has 30 heavy (non-hydrogen) atoms. The van der Waals surface area contributed by atoms with Gasteiger partial charge in [0.1, 0.15) is 11.5 Å². The molecule has 1 saturated heterocycles. The summed E-state index contributed by atoms with van der Waals surface area (Å²) in [6.45, 7) is 4.57.